The summed E-state index contributed by atoms with van der Waals surface area (Å²) < 4.78 is 40.8. The van der Waals surface area contributed by atoms with Crippen molar-refractivity contribution in [1.29, 1.82) is 5.26 Å². The zero-order valence-corrected chi connectivity index (χ0v) is 19.9. The molecule has 0 atom stereocenters. The molecule has 0 saturated carbocycles. The normalized spacial score (nSPS) is 17.0. The summed E-state index contributed by atoms with van der Waals surface area (Å²) in [7, 11) is -1.79. The van der Waals surface area contributed by atoms with E-state index < -0.39 is 15.8 Å². The SMILES string of the molecule is CCCN(C)/C(=N\C#N)NCC1(c2cccs2)CCN(S(=O)(=O)c2ccc(F)cc2)CC1. The van der Waals surface area contributed by atoms with Gasteiger partial charge in [-0.2, -0.15) is 9.57 Å². The first-order valence-corrected chi connectivity index (χ1v) is 12.9. The average Bonchev–Trinajstić information content (AvgIpc) is 3.33. The van der Waals surface area contributed by atoms with Crippen molar-refractivity contribution in [3.8, 4) is 6.19 Å². The Morgan fingerprint density at radius 2 is 2.00 bits per heavy atom. The Hall–Kier alpha value is -2.48. The van der Waals surface area contributed by atoms with Crippen LogP contribution in [0.1, 0.15) is 31.1 Å². The summed E-state index contributed by atoms with van der Waals surface area (Å²) in [6.45, 7) is 4.09. The van der Waals surface area contributed by atoms with Gasteiger partial charge < -0.3 is 10.2 Å². The fraction of sp³-hybridized carbons (Fsp3) is 0.455. The van der Waals surface area contributed by atoms with Gasteiger partial charge in [0.15, 0.2) is 0 Å². The summed E-state index contributed by atoms with van der Waals surface area (Å²) in [5.74, 6) is 0.0555. The number of piperidine rings is 1. The lowest BCUT2D eigenvalue weighted by molar-refractivity contribution is 0.234. The van der Waals surface area contributed by atoms with E-state index in [4.69, 9.17) is 5.26 Å². The second-order valence-electron chi connectivity index (χ2n) is 7.93. The van der Waals surface area contributed by atoms with Crippen LogP contribution in [0, 0.1) is 17.3 Å². The van der Waals surface area contributed by atoms with E-state index in [1.165, 1.54) is 33.4 Å². The van der Waals surface area contributed by atoms with Crippen LogP contribution in [-0.4, -0.2) is 56.8 Å². The summed E-state index contributed by atoms with van der Waals surface area (Å²) >= 11 is 1.65. The number of aliphatic imine (C=N–C) groups is 1. The Balaban J connectivity index is 1.78. The second kappa shape index (κ2) is 10.4. The Kier molecular flexibility index (Phi) is 7.87. The van der Waals surface area contributed by atoms with E-state index in [-0.39, 0.29) is 10.3 Å². The fourth-order valence-electron chi connectivity index (χ4n) is 4.00. The largest absolute Gasteiger partial charge is 0.354 e. The molecule has 0 radical (unpaired) electrons. The lowest BCUT2D eigenvalue weighted by Gasteiger charge is -2.41. The molecule has 172 valence electrons. The maximum Gasteiger partial charge on any atom is 0.243 e. The molecular weight excluding hydrogens is 449 g/mol. The Morgan fingerprint density at radius 3 is 2.56 bits per heavy atom. The molecule has 1 saturated heterocycles. The van der Waals surface area contributed by atoms with E-state index in [1.54, 1.807) is 11.3 Å². The van der Waals surface area contributed by atoms with Crippen molar-refractivity contribution in [3.63, 3.8) is 0 Å². The summed E-state index contributed by atoms with van der Waals surface area (Å²) in [5, 5.41) is 14.5. The van der Waals surface area contributed by atoms with Crippen LogP contribution in [0.25, 0.3) is 0 Å². The van der Waals surface area contributed by atoms with Gasteiger partial charge in [-0.05, 0) is 55.0 Å². The number of benzene rings is 1. The number of halogens is 1. The number of guanidine groups is 1. The van der Waals surface area contributed by atoms with E-state index in [2.05, 4.69) is 23.3 Å². The lowest BCUT2D eigenvalue weighted by atomic mass is 9.77. The van der Waals surface area contributed by atoms with Crippen LogP contribution in [0.2, 0.25) is 0 Å². The van der Waals surface area contributed by atoms with Crippen LogP contribution in [0.5, 0.6) is 0 Å². The summed E-state index contributed by atoms with van der Waals surface area (Å²) in [4.78, 5) is 7.14. The molecule has 0 unspecified atom stereocenters. The minimum Gasteiger partial charge on any atom is -0.354 e. The molecule has 0 spiro atoms. The number of hydrogen-bond acceptors (Lipinski definition) is 5. The zero-order chi connectivity index (χ0) is 23.2. The molecule has 0 aliphatic carbocycles. The molecule has 1 aromatic heterocycles. The van der Waals surface area contributed by atoms with Crippen LogP contribution in [0.3, 0.4) is 0 Å². The quantitative estimate of drug-likeness (QED) is 0.375. The second-order valence-corrected chi connectivity index (χ2v) is 10.8. The Labute approximate surface area is 193 Å². The average molecular weight is 478 g/mol. The number of sulfonamides is 1. The van der Waals surface area contributed by atoms with Crippen LogP contribution >= 0.6 is 11.3 Å². The molecule has 7 nitrogen and oxygen atoms in total. The van der Waals surface area contributed by atoms with Gasteiger partial charge in [-0.3, -0.25) is 0 Å². The summed E-state index contributed by atoms with van der Waals surface area (Å²) in [6, 6.07) is 9.02. The van der Waals surface area contributed by atoms with Gasteiger partial charge in [-0.1, -0.05) is 13.0 Å². The molecule has 2 heterocycles. The van der Waals surface area contributed by atoms with E-state index in [1.807, 2.05) is 29.6 Å². The van der Waals surface area contributed by atoms with Crippen molar-refractivity contribution < 1.29 is 12.8 Å². The van der Waals surface area contributed by atoms with Crippen molar-refractivity contribution in [2.24, 2.45) is 4.99 Å². The topological polar surface area (TPSA) is 88.8 Å². The number of hydrogen-bond donors (Lipinski definition) is 1. The summed E-state index contributed by atoms with van der Waals surface area (Å²) in [5.41, 5.74) is -0.272. The van der Waals surface area contributed by atoms with Crippen LogP contribution in [0.15, 0.2) is 51.7 Å². The number of nitriles is 1. The first-order valence-electron chi connectivity index (χ1n) is 10.5. The monoisotopic (exact) mass is 477 g/mol. The third-order valence-electron chi connectivity index (χ3n) is 5.84. The molecule has 1 fully saturated rings. The van der Waals surface area contributed by atoms with Gasteiger partial charge in [-0.15, -0.1) is 16.3 Å². The number of thiophene rings is 1. The molecule has 10 heteroatoms. The van der Waals surface area contributed by atoms with Gasteiger partial charge in [0.1, 0.15) is 5.82 Å². The predicted octanol–water partition coefficient (Wildman–Crippen LogP) is 3.38. The minimum atomic E-state index is -3.68. The highest BCUT2D eigenvalue weighted by molar-refractivity contribution is 7.89. The van der Waals surface area contributed by atoms with Crippen molar-refractivity contribution in [3.05, 3.63) is 52.5 Å². The molecule has 2 aromatic rings. The number of rotatable bonds is 7. The van der Waals surface area contributed by atoms with Gasteiger partial charge in [0, 0.05) is 43.5 Å². The van der Waals surface area contributed by atoms with Crippen molar-refractivity contribution in [2.75, 3.05) is 33.2 Å². The van der Waals surface area contributed by atoms with Crippen LogP contribution in [-0.2, 0) is 15.4 Å². The first-order chi connectivity index (χ1) is 15.3. The van der Waals surface area contributed by atoms with E-state index >= 15 is 0 Å². The third kappa shape index (κ3) is 5.28. The molecule has 1 aromatic carbocycles. The fourth-order valence-corrected chi connectivity index (χ4v) is 6.43. The molecule has 32 heavy (non-hydrogen) atoms. The van der Waals surface area contributed by atoms with E-state index in [0.29, 0.717) is 38.4 Å². The molecule has 0 bridgehead atoms. The predicted molar refractivity (Wildman–Crippen MR) is 124 cm³/mol. The Bertz CT molecular complexity index is 1050. The summed E-state index contributed by atoms with van der Waals surface area (Å²) in [6.07, 6.45) is 4.04. The van der Waals surface area contributed by atoms with Crippen LogP contribution < -0.4 is 5.32 Å². The highest BCUT2D eigenvalue weighted by Gasteiger charge is 2.40. The Morgan fingerprint density at radius 1 is 1.31 bits per heavy atom. The zero-order valence-electron chi connectivity index (χ0n) is 18.3. The highest BCUT2D eigenvalue weighted by Crippen LogP contribution is 2.39. The van der Waals surface area contributed by atoms with Gasteiger partial charge in [0.25, 0.3) is 0 Å². The maximum absolute atomic E-state index is 13.2. The maximum atomic E-state index is 13.2. The van der Waals surface area contributed by atoms with E-state index in [9.17, 15) is 12.8 Å². The van der Waals surface area contributed by atoms with Gasteiger partial charge in [0.05, 0.1) is 4.90 Å². The van der Waals surface area contributed by atoms with Crippen molar-refractivity contribution >= 4 is 27.3 Å². The van der Waals surface area contributed by atoms with Crippen molar-refractivity contribution in [1.82, 2.24) is 14.5 Å². The molecule has 0 amide bonds. The number of nitrogens with zero attached hydrogens (tertiary/aromatic N) is 4. The standard InChI is InChI=1S/C22H28FN5O2S2/c1-3-12-27(2)21(26-17-24)25-16-22(20-5-4-15-31-20)10-13-28(14-11-22)32(29,30)19-8-6-18(23)7-9-19/h4-9,15H,3,10-14,16H2,1-2H3,(H,25,26). The lowest BCUT2D eigenvalue weighted by Crippen LogP contribution is -2.51. The van der Waals surface area contributed by atoms with Crippen molar-refractivity contribution in [2.45, 2.75) is 36.5 Å². The van der Waals surface area contributed by atoms with Gasteiger partial charge in [-0.25, -0.2) is 12.8 Å². The van der Waals surface area contributed by atoms with Gasteiger partial charge >= 0.3 is 0 Å². The molecule has 1 aliphatic heterocycles. The molecule has 1 aliphatic rings. The smallest absolute Gasteiger partial charge is 0.243 e. The minimum absolute atomic E-state index is 0.102. The van der Waals surface area contributed by atoms with E-state index in [0.717, 1.165) is 13.0 Å². The van der Waals surface area contributed by atoms with Gasteiger partial charge in [0.2, 0.25) is 22.2 Å². The highest BCUT2D eigenvalue weighted by atomic mass is 32.2. The molecular formula is C22H28FN5O2S2. The number of nitrogens with one attached hydrogen (secondary N) is 1. The third-order valence-corrected chi connectivity index (χ3v) is 8.87. The molecule has 3 rings (SSSR count). The van der Waals surface area contributed by atoms with Crippen LogP contribution in [0.4, 0.5) is 4.39 Å². The first kappa shape index (κ1) is 24.2. The molecule has 1 N–H and O–H groups in total.